The predicted molar refractivity (Wildman–Crippen MR) is 76.7 cm³/mol. The van der Waals surface area contributed by atoms with E-state index in [0.717, 1.165) is 36.7 Å². The molecule has 0 aliphatic heterocycles. The van der Waals surface area contributed by atoms with E-state index in [9.17, 15) is 5.11 Å². The van der Waals surface area contributed by atoms with E-state index in [1.54, 1.807) is 0 Å². The number of furan rings is 1. The third-order valence-electron chi connectivity index (χ3n) is 4.13. The Morgan fingerprint density at radius 1 is 1.10 bits per heavy atom. The number of nitrogens with zero attached hydrogens (tertiary/aromatic N) is 2. The minimum absolute atomic E-state index is 0.181. The molecular formula is C16H16N2O3. The van der Waals surface area contributed by atoms with Crippen LogP contribution in [0.1, 0.15) is 37.5 Å². The van der Waals surface area contributed by atoms with Crippen molar-refractivity contribution in [1.29, 1.82) is 0 Å². The molecule has 0 unspecified atom stereocenters. The minimum atomic E-state index is -0.181. The SMILES string of the molecule is OC1CCC(c2nc(-c3cc4ccccc4o3)no2)CC1. The van der Waals surface area contributed by atoms with E-state index >= 15 is 0 Å². The first-order chi connectivity index (χ1) is 10.3. The van der Waals surface area contributed by atoms with Crippen LogP contribution in [0.5, 0.6) is 0 Å². The van der Waals surface area contributed by atoms with Gasteiger partial charge in [0.25, 0.3) is 0 Å². The normalized spacial score (nSPS) is 22.7. The van der Waals surface area contributed by atoms with Crippen molar-refractivity contribution in [2.45, 2.75) is 37.7 Å². The number of aliphatic hydroxyl groups excluding tert-OH is 1. The molecule has 0 amide bonds. The zero-order valence-electron chi connectivity index (χ0n) is 11.5. The van der Waals surface area contributed by atoms with Crippen LogP contribution in [0.15, 0.2) is 39.3 Å². The molecule has 0 spiro atoms. The van der Waals surface area contributed by atoms with Gasteiger partial charge in [0.15, 0.2) is 5.76 Å². The Labute approximate surface area is 121 Å². The molecule has 0 atom stereocenters. The van der Waals surface area contributed by atoms with Gasteiger partial charge in [-0.1, -0.05) is 23.4 Å². The molecule has 2 aromatic heterocycles. The van der Waals surface area contributed by atoms with Gasteiger partial charge in [0.2, 0.25) is 11.7 Å². The molecule has 5 heteroatoms. The molecule has 108 valence electrons. The predicted octanol–water partition coefficient (Wildman–Crippen LogP) is 3.50. The topological polar surface area (TPSA) is 72.3 Å². The summed E-state index contributed by atoms with van der Waals surface area (Å²) in [4.78, 5) is 4.47. The molecule has 4 rings (SSSR count). The summed E-state index contributed by atoms with van der Waals surface area (Å²) in [5.41, 5.74) is 0.819. The number of hydrogen-bond donors (Lipinski definition) is 1. The smallest absolute Gasteiger partial charge is 0.238 e. The number of benzene rings is 1. The molecule has 0 radical (unpaired) electrons. The van der Waals surface area contributed by atoms with E-state index in [0.29, 0.717) is 17.5 Å². The first-order valence-corrected chi connectivity index (χ1v) is 7.30. The Bertz CT molecular complexity index is 721. The summed E-state index contributed by atoms with van der Waals surface area (Å²) in [6.45, 7) is 0. The highest BCUT2D eigenvalue weighted by Crippen LogP contribution is 2.33. The fourth-order valence-electron chi connectivity index (χ4n) is 2.92. The van der Waals surface area contributed by atoms with Gasteiger partial charge in [-0.25, -0.2) is 0 Å². The van der Waals surface area contributed by atoms with Crippen LogP contribution >= 0.6 is 0 Å². The van der Waals surface area contributed by atoms with Crippen molar-refractivity contribution >= 4 is 11.0 Å². The quantitative estimate of drug-likeness (QED) is 0.779. The molecule has 2 heterocycles. The van der Waals surface area contributed by atoms with E-state index in [-0.39, 0.29) is 12.0 Å². The zero-order valence-corrected chi connectivity index (χ0v) is 11.5. The van der Waals surface area contributed by atoms with Gasteiger partial charge in [-0.3, -0.25) is 0 Å². The highest BCUT2D eigenvalue weighted by atomic mass is 16.5. The number of rotatable bonds is 2. The summed E-state index contributed by atoms with van der Waals surface area (Å²) in [7, 11) is 0. The van der Waals surface area contributed by atoms with Crippen molar-refractivity contribution in [3.63, 3.8) is 0 Å². The van der Waals surface area contributed by atoms with Crippen molar-refractivity contribution in [2.75, 3.05) is 0 Å². The molecule has 1 aliphatic rings. The zero-order chi connectivity index (χ0) is 14.2. The Morgan fingerprint density at radius 3 is 2.71 bits per heavy atom. The van der Waals surface area contributed by atoms with Crippen LogP contribution in [-0.4, -0.2) is 21.4 Å². The van der Waals surface area contributed by atoms with Crippen LogP contribution in [-0.2, 0) is 0 Å². The first-order valence-electron chi connectivity index (χ1n) is 7.30. The monoisotopic (exact) mass is 284 g/mol. The van der Waals surface area contributed by atoms with Gasteiger partial charge in [0, 0.05) is 11.3 Å². The van der Waals surface area contributed by atoms with Crippen LogP contribution in [0.2, 0.25) is 0 Å². The van der Waals surface area contributed by atoms with E-state index in [2.05, 4.69) is 10.1 Å². The highest BCUT2D eigenvalue weighted by Gasteiger charge is 2.26. The van der Waals surface area contributed by atoms with E-state index < -0.39 is 0 Å². The van der Waals surface area contributed by atoms with E-state index in [4.69, 9.17) is 8.94 Å². The number of aromatic nitrogens is 2. The first kappa shape index (κ1) is 12.6. The lowest BCUT2D eigenvalue weighted by molar-refractivity contribution is 0.116. The highest BCUT2D eigenvalue weighted by molar-refractivity contribution is 5.81. The molecule has 0 saturated heterocycles. The van der Waals surface area contributed by atoms with Gasteiger partial charge in [-0.15, -0.1) is 0 Å². The summed E-state index contributed by atoms with van der Waals surface area (Å²) in [6.07, 6.45) is 3.20. The largest absolute Gasteiger partial charge is 0.453 e. The summed E-state index contributed by atoms with van der Waals surface area (Å²) in [5.74, 6) is 2.02. The minimum Gasteiger partial charge on any atom is -0.453 e. The van der Waals surface area contributed by atoms with Crippen LogP contribution in [0.3, 0.4) is 0 Å². The standard InChI is InChI=1S/C16H16N2O3/c19-12-7-5-10(6-8-12)16-17-15(18-21-16)14-9-11-3-1-2-4-13(11)20-14/h1-4,9-10,12,19H,5-8H2. The van der Waals surface area contributed by atoms with Crippen LogP contribution < -0.4 is 0 Å². The van der Waals surface area contributed by atoms with Crippen LogP contribution in [0, 0.1) is 0 Å². The Hall–Kier alpha value is -2.14. The number of hydrogen-bond acceptors (Lipinski definition) is 5. The molecule has 1 aliphatic carbocycles. The van der Waals surface area contributed by atoms with Crippen molar-refractivity contribution in [1.82, 2.24) is 10.1 Å². The second-order valence-electron chi connectivity index (χ2n) is 5.61. The van der Waals surface area contributed by atoms with Gasteiger partial charge in [0.1, 0.15) is 5.58 Å². The molecule has 1 fully saturated rings. The van der Waals surface area contributed by atoms with Gasteiger partial charge in [-0.2, -0.15) is 4.98 Å². The summed E-state index contributed by atoms with van der Waals surface area (Å²) < 4.78 is 11.1. The molecule has 1 saturated carbocycles. The second-order valence-corrected chi connectivity index (χ2v) is 5.61. The van der Waals surface area contributed by atoms with Gasteiger partial charge < -0.3 is 14.0 Å². The van der Waals surface area contributed by atoms with E-state index in [1.165, 1.54) is 0 Å². The molecule has 1 aromatic carbocycles. The Morgan fingerprint density at radius 2 is 1.90 bits per heavy atom. The summed E-state index contributed by atoms with van der Waals surface area (Å²) in [5, 5.41) is 14.6. The average molecular weight is 284 g/mol. The average Bonchev–Trinajstić information content (AvgIpc) is 3.14. The lowest BCUT2D eigenvalue weighted by Crippen LogP contribution is -2.17. The summed E-state index contributed by atoms with van der Waals surface area (Å²) in [6, 6.07) is 9.74. The fraction of sp³-hybridized carbons (Fsp3) is 0.375. The second kappa shape index (κ2) is 5.00. The van der Waals surface area contributed by atoms with Crippen LogP contribution in [0.4, 0.5) is 0 Å². The Balaban J connectivity index is 1.61. The van der Waals surface area contributed by atoms with Crippen LogP contribution in [0.25, 0.3) is 22.6 Å². The maximum absolute atomic E-state index is 9.56. The fourth-order valence-corrected chi connectivity index (χ4v) is 2.92. The third-order valence-corrected chi connectivity index (χ3v) is 4.13. The lowest BCUT2D eigenvalue weighted by Gasteiger charge is -2.22. The third kappa shape index (κ3) is 2.34. The van der Waals surface area contributed by atoms with Gasteiger partial charge >= 0.3 is 0 Å². The number of fused-ring (bicyclic) bond motifs is 1. The van der Waals surface area contributed by atoms with Gasteiger partial charge in [-0.05, 0) is 37.8 Å². The maximum atomic E-state index is 9.56. The van der Waals surface area contributed by atoms with Crippen molar-refractivity contribution < 1.29 is 14.0 Å². The lowest BCUT2D eigenvalue weighted by atomic mass is 9.87. The molecular weight excluding hydrogens is 268 g/mol. The Kier molecular flexibility index (Phi) is 3.00. The van der Waals surface area contributed by atoms with Crippen molar-refractivity contribution in [3.05, 3.63) is 36.2 Å². The maximum Gasteiger partial charge on any atom is 0.238 e. The number of aliphatic hydroxyl groups is 1. The van der Waals surface area contributed by atoms with Crippen molar-refractivity contribution in [3.8, 4) is 11.6 Å². The number of para-hydroxylation sites is 1. The summed E-state index contributed by atoms with van der Waals surface area (Å²) >= 11 is 0. The van der Waals surface area contributed by atoms with Crippen molar-refractivity contribution in [2.24, 2.45) is 0 Å². The molecule has 5 nitrogen and oxygen atoms in total. The van der Waals surface area contributed by atoms with Gasteiger partial charge in [0.05, 0.1) is 6.10 Å². The molecule has 0 bridgehead atoms. The van der Waals surface area contributed by atoms with E-state index in [1.807, 2.05) is 30.3 Å². The molecule has 3 aromatic rings. The molecule has 21 heavy (non-hydrogen) atoms. The molecule has 1 N–H and O–H groups in total.